The molecular formula is C9H9BO2S2. The molecule has 2 rings (SSSR count). The minimum atomic E-state index is -1.45. The van der Waals surface area contributed by atoms with Gasteiger partial charge in [0.25, 0.3) is 0 Å². The molecule has 0 amide bonds. The molecule has 2 N–H and O–H groups in total. The van der Waals surface area contributed by atoms with Gasteiger partial charge in [-0.05, 0) is 28.7 Å². The van der Waals surface area contributed by atoms with E-state index in [-0.39, 0.29) is 0 Å². The number of hydrogen-bond donors (Lipinski definition) is 3. The van der Waals surface area contributed by atoms with Crippen LogP contribution in [0.25, 0.3) is 10.1 Å². The molecule has 0 radical (unpaired) electrons. The van der Waals surface area contributed by atoms with Gasteiger partial charge in [-0.25, -0.2) is 0 Å². The SMILES string of the molecule is Cc1csc2c(S)c(B(O)O)ccc12. The monoisotopic (exact) mass is 224 g/mol. The number of hydrogen-bond acceptors (Lipinski definition) is 4. The van der Waals surface area contributed by atoms with Gasteiger partial charge in [0, 0.05) is 9.60 Å². The lowest BCUT2D eigenvalue weighted by molar-refractivity contribution is 0.425. The molecule has 0 unspecified atom stereocenters. The average molecular weight is 224 g/mol. The first-order valence-electron chi connectivity index (χ1n) is 4.17. The summed E-state index contributed by atoms with van der Waals surface area (Å²) in [5, 5.41) is 21.3. The third-order valence-corrected chi connectivity index (χ3v) is 3.98. The second-order valence-corrected chi connectivity index (χ2v) is 4.50. The van der Waals surface area contributed by atoms with Crippen LogP contribution in [-0.4, -0.2) is 17.2 Å². The number of rotatable bonds is 1. The molecule has 0 aliphatic heterocycles. The third kappa shape index (κ3) is 1.46. The lowest BCUT2D eigenvalue weighted by atomic mass is 9.80. The maximum atomic E-state index is 9.08. The van der Waals surface area contributed by atoms with E-state index >= 15 is 0 Å². The molecule has 1 aromatic heterocycles. The van der Waals surface area contributed by atoms with Crippen molar-refractivity contribution < 1.29 is 10.0 Å². The molecule has 14 heavy (non-hydrogen) atoms. The van der Waals surface area contributed by atoms with Gasteiger partial charge in [0.15, 0.2) is 0 Å². The smallest absolute Gasteiger partial charge is 0.423 e. The third-order valence-electron chi connectivity index (χ3n) is 2.22. The molecule has 1 aromatic carbocycles. The zero-order valence-electron chi connectivity index (χ0n) is 7.56. The summed E-state index contributed by atoms with van der Waals surface area (Å²) in [6.45, 7) is 2.03. The lowest BCUT2D eigenvalue weighted by Crippen LogP contribution is -2.30. The summed E-state index contributed by atoms with van der Waals surface area (Å²) in [7, 11) is -1.45. The number of fused-ring (bicyclic) bond motifs is 1. The van der Waals surface area contributed by atoms with Crippen LogP contribution in [0, 0.1) is 6.92 Å². The minimum absolute atomic E-state index is 0.461. The van der Waals surface area contributed by atoms with Crippen molar-refractivity contribution in [3.63, 3.8) is 0 Å². The Labute approximate surface area is 91.8 Å². The fourth-order valence-corrected chi connectivity index (χ4v) is 2.91. The van der Waals surface area contributed by atoms with E-state index in [1.165, 1.54) is 5.56 Å². The molecule has 1 heterocycles. The van der Waals surface area contributed by atoms with E-state index in [0.29, 0.717) is 10.4 Å². The first-order chi connectivity index (χ1) is 6.61. The van der Waals surface area contributed by atoms with Crippen LogP contribution in [0.2, 0.25) is 0 Å². The van der Waals surface area contributed by atoms with E-state index in [4.69, 9.17) is 10.0 Å². The Morgan fingerprint density at radius 2 is 2.07 bits per heavy atom. The molecular weight excluding hydrogens is 215 g/mol. The van der Waals surface area contributed by atoms with Gasteiger partial charge >= 0.3 is 7.12 Å². The molecule has 2 nitrogen and oxygen atoms in total. The Morgan fingerprint density at radius 3 is 2.71 bits per heavy atom. The summed E-state index contributed by atoms with van der Waals surface area (Å²) in [6, 6.07) is 3.60. The van der Waals surface area contributed by atoms with E-state index in [1.807, 2.05) is 18.4 Å². The summed E-state index contributed by atoms with van der Waals surface area (Å²) < 4.78 is 1.01. The van der Waals surface area contributed by atoms with Crippen LogP contribution in [0.1, 0.15) is 5.56 Å². The first-order valence-corrected chi connectivity index (χ1v) is 5.49. The van der Waals surface area contributed by atoms with Crippen LogP contribution in [0.3, 0.4) is 0 Å². The van der Waals surface area contributed by atoms with Crippen molar-refractivity contribution in [1.29, 1.82) is 0 Å². The number of aryl methyl sites for hydroxylation is 1. The van der Waals surface area contributed by atoms with Crippen LogP contribution in [0.15, 0.2) is 22.4 Å². The van der Waals surface area contributed by atoms with Crippen LogP contribution in [0.5, 0.6) is 0 Å². The molecule has 5 heteroatoms. The van der Waals surface area contributed by atoms with Gasteiger partial charge in [0.2, 0.25) is 0 Å². The van der Waals surface area contributed by atoms with Crippen molar-refractivity contribution in [2.24, 2.45) is 0 Å². The molecule has 0 saturated carbocycles. The number of thiophene rings is 1. The molecule has 0 saturated heterocycles. The Kier molecular flexibility index (Phi) is 2.57. The van der Waals surface area contributed by atoms with Gasteiger partial charge in [-0.2, -0.15) is 0 Å². The van der Waals surface area contributed by atoms with E-state index in [1.54, 1.807) is 17.4 Å². The highest BCUT2D eigenvalue weighted by atomic mass is 32.1. The summed E-state index contributed by atoms with van der Waals surface area (Å²) in [5.74, 6) is 0. The second-order valence-electron chi connectivity index (χ2n) is 3.17. The number of thiol groups is 1. The van der Waals surface area contributed by atoms with Gasteiger partial charge in [-0.15, -0.1) is 24.0 Å². The summed E-state index contributed by atoms with van der Waals surface area (Å²) in [5.41, 5.74) is 1.65. The van der Waals surface area contributed by atoms with Gasteiger partial charge < -0.3 is 10.0 Å². The highest BCUT2D eigenvalue weighted by Gasteiger charge is 2.17. The predicted octanol–water partition coefficient (Wildman–Crippen LogP) is 1.18. The zero-order chi connectivity index (χ0) is 10.3. The average Bonchev–Trinajstić information content (AvgIpc) is 2.49. The summed E-state index contributed by atoms with van der Waals surface area (Å²) >= 11 is 5.88. The molecule has 0 aliphatic carbocycles. The molecule has 0 fully saturated rings. The largest absolute Gasteiger partial charge is 0.489 e. The van der Waals surface area contributed by atoms with E-state index in [9.17, 15) is 0 Å². The molecule has 0 bridgehead atoms. The van der Waals surface area contributed by atoms with Crippen molar-refractivity contribution >= 4 is 46.6 Å². The summed E-state index contributed by atoms with van der Waals surface area (Å²) in [6.07, 6.45) is 0. The Bertz CT molecular complexity index is 479. The molecule has 0 aliphatic rings. The Hall–Kier alpha value is -0.485. The maximum Gasteiger partial charge on any atom is 0.489 e. The zero-order valence-corrected chi connectivity index (χ0v) is 9.27. The van der Waals surface area contributed by atoms with E-state index < -0.39 is 7.12 Å². The minimum Gasteiger partial charge on any atom is -0.423 e. The van der Waals surface area contributed by atoms with Crippen LogP contribution >= 0.6 is 24.0 Å². The van der Waals surface area contributed by atoms with Gasteiger partial charge in [-0.1, -0.05) is 12.1 Å². The van der Waals surface area contributed by atoms with E-state index in [0.717, 1.165) is 10.1 Å². The Balaban J connectivity index is 2.76. The number of benzene rings is 1. The highest BCUT2D eigenvalue weighted by molar-refractivity contribution is 7.81. The van der Waals surface area contributed by atoms with Crippen molar-refractivity contribution in [1.82, 2.24) is 0 Å². The van der Waals surface area contributed by atoms with E-state index in [2.05, 4.69) is 12.6 Å². The first kappa shape index (κ1) is 10.0. The van der Waals surface area contributed by atoms with Crippen LogP contribution in [-0.2, 0) is 0 Å². The van der Waals surface area contributed by atoms with Crippen molar-refractivity contribution in [3.8, 4) is 0 Å². The predicted molar refractivity (Wildman–Crippen MR) is 63.6 cm³/mol. The van der Waals surface area contributed by atoms with Crippen LogP contribution < -0.4 is 5.46 Å². The van der Waals surface area contributed by atoms with Crippen molar-refractivity contribution in [2.45, 2.75) is 11.8 Å². The maximum absolute atomic E-state index is 9.08. The second kappa shape index (κ2) is 3.58. The Morgan fingerprint density at radius 1 is 1.36 bits per heavy atom. The fourth-order valence-electron chi connectivity index (χ4n) is 1.44. The molecule has 0 atom stereocenters. The topological polar surface area (TPSA) is 40.5 Å². The summed E-state index contributed by atoms with van der Waals surface area (Å²) in [4.78, 5) is 0.663. The normalized spacial score (nSPS) is 10.9. The van der Waals surface area contributed by atoms with Gasteiger partial charge in [-0.3, -0.25) is 0 Å². The lowest BCUT2D eigenvalue weighted by Gasteiger charge is -2.04. The van der Waals surface area contributed by atoms with Gasteiger partial charge in [0.1, 0.15) is 0 Å². The highest BCUT2D eigenvalue weighted by Crippen LogP contribution is 2.29. The fraction of sp³-hybridized carbons (Fsp3) is 0.111. The van der Waals surface area contributed by atoms with Crippen LogP contribution in [0.4, 0.5) is 0 Å². The van der Waals surface area contributed by atoms with Crippen molar-refractivity contribution in [3.05, 3.63) is 23.1 Å². The molecule has 2 aromatic rings. The molecule has 72 valence electrons. The van der Waals surface area contributed by atoms with Crippen molar-refractivity contribution in [2.75, 3.05) is 0 Å². The quantitative estimate of drug-likeness (QED) is 0.502. The van der Waals surface area contributed by atoms with Gasteiger partial charge in [0.05, 0.1) is 0 Å². The standard InChI is InChI=1S/C9H9BO2S2/c1-5-4-14-9-6(5)2-3-7(8(9)13)10(11)12/h2-4,11-13H,1H3. The molecule has 0 spiro atoms.